The Morgan fingerprint density at radius 3 is 2.79 bits per heavy atom. The van der Waals surface area contributed by atoms with Crippen molar-refractivity contribution >= 4 is 17.7 Å². The molecule has 1 amide bonds. The lowest BCUT2D eigenvalue weighted by molar-refractivity contribution is -0.132. The minimum Gasteiger partial charge on any atom is -0.323 e. The lowest BCUT2D eigenvalue weighted by Gasteiger charge is -2.36. The molecule has 1 saturated heterocycles. The second kappa shape index (κ2) is 6.49. The van der Waals surface area contributed by atoms with E-state index in [1.54, 1.807) is 0 Å². The molecule has 1 heterocycles. The maximum atomic E-state index is 12.6. The SMILES string of the molecule is CSC1CCCC(N2C(=O)C(CC(C)C)NC2C)C1. The molecular weight excluding hydrogens is 256 g/mol. The predicted octanol–water partition coefficient (Wildman–Crippen LogP) is 2.85. The van der Waals surface area contributed by atoms with Crippen LogP contribution in [0.4, 0.5) is 0 Å². The molecule has 2 rings (SSSR count). The van der Waals surface area contributed by atoms with Crippen LogP contribution in [0.1, 0.15) is 52.9 Å². The molecule has 2 fully saturated rings. The normalized spacial score (nSPS) is 36.3. The highest BCUT2D eigenvalue weighted by Crippen LogP contribution is 2.32. The number of amides is 1. The summed E-state index contributed by atoms with van der Waals surface area (Å²) in [5, 5.41) is 4.22. The van der Waals surface area contributed by atoms with Crippen LogP contribution in [0.3, 0.4) is 0 Å². The molecule has 4 unspecified atom stereocenters. The van der Waals surface area contributed by atoms with Gasteiger partial charge in [-0.1, -0.05) is 20.3 Å². The summed E-state index contributed by atoms with van der Waals surface area (Å²) < 4.78 is 0. The summed E-state index contributed by atoms with van der Waals surface area (Å²) >= 11 is 1.96. The van der Waals surface area contributed by atoms with Gasteiger partial charge in [-0.15, -0.1) is 0 Å². The van der Waals surface area contributed by atoms with Gasteiger partial charge in [0.05, 0.1) is 12.2 Å². The average Bonchev–Trinajstić information content (AvgIpc) is 2.64. The van der Waals surface area contributed by atoms with Crippen LogP contribution < -0.4 is 5.32 Å². The van der Waals surface area contributed by atoms with Crippen LogP contribution in [0.15, 0.2) is 0 Å². The minimum absolute atomic E-state index is 0.0460. The summed E-state index contributed by atoms with van der Waals surface area (Å²) in [5.41, 5.74) is 0. The van der Waals surface area contributed by atoms with E-state index in [2.05, 4.69) is 37.2 Å². The molecule has 1 N–H and O–H groups in total. The molecule has 0 aromatic rings. The molecule has 3 nitrogen and oxygen atoms in total. The summed E-state index contributed by atoms with van der Waals surface area (Å²) in [4.78, 5) is 14.8. The zero-order valence-electron chi connectivity index (χ0n) is 12.7. The highest BCUT2D eigenvalue weighted by atomic mass is 32.2. The molecule has 4 atom stereocenters. The number of nitrogens with zero attached hydrogens (tertiary/aromatic N) is 1. The van der Waals surface area contributed by atoms with Crippen LogP contribution in [0, 0.1) is 5.92 Å². The Labute approximate surface area is 121 Å². The predicted molar refractivity (Wildman–Crippen MR) is 82.2 cm³/mol. The van der Waals surface area contributed by atoms with Crippen LogP contribution >= 0.6 is 11.8 Å². The quantitative estimate of drug-likeness (QED) is 0.861. The van der Waals surface area contributed by atoms with Gasteiger partial charge in [-0.2, -0.15) is 11.8 Å². The van der Waals surface area contributed by atoms with Gasteiger partial charge in [-0.3, -0.25) is 10.1 Å². The molecule has 2 aliphatic rings. The Kier molecular flexibility index (Phi) is 5.18. The molecule has 1 aliphatic carbocycles. The molecule has 0 bridgehead atoms. The Balaban J connectivity index is 2.01. The largest absolute Gasteiger partial charge is 0.323 e. The van der Waals surface area contributed by atoms with Crippen molar-refractivity contribution in [3.63, 3.8) is 0 Å². The van der Waals surface area contributed by atoms with Crippen molar-refractivity contribution in [2.24, 2.45) is 5.92 Å². The third kappa shape index (κ3) is 3.46. The van der Waals surface area contributed by atoms with E-state index in [9.17, 15) is 4.79 Å². The lowest BCUT2D eigenvalue weighted by Crippen LogP contribution is -2.45. The van der Waals surface area contributed by atoms with E-state index in [0.29, 0.717) is 17.9 Å². The number of hydrogen-bond acceptors (Lipinski definition) is 3. The second-order valence-electron chi connectivity index (χ2n) is 6.45. The summed E-state index contributed by atoms with van der Waals surface area (Å²) in [6.45, 7) is 6.51. The van der Waals surface area contributed by atoms with Crippen LogP contribution in [0.5, 0.6) is 0 Å². The number of thioether (sulfide) groups is 1. The summed E-state index contributed by atoms with van der Waals surface area (Å²) in [5.74, 6) is 0.909. The van der Waals surface area contributed by atoms with Gasteiger partial charge in [0.1, 0.15) is 0 Å². The third-order valence-electron chi connectivity index (χ3n) is 4.44. The smallest absolute Gasteiger partial charge is 0.241 e. The van der Waals surface area contributed by atoms with Gasteiger partial charge in [0.15, 0.2) is 0 Å². The fourth-order valence-corrected chi connectivity index (χ4v) is 4.35. The number of hydrogen-bond donors (Lipinski definition) is 1. The molecule has 1 aliphatic heterocycles. The highest BCUT2D eigenvalue weighted by molar-refractivity contribution is 7.99. The van der Waals surface area contributed by atoms with E-state index in [1.165, 1.54) is 25.7 Å². The van der Waals surface area contributed by atoms with Crippen molar-refractivity contribution in [2.45, 2.75) is 76.4 Å². The average molecular weight is 284 g/mol. The van der Waals surface area contributed by atoms with Crippen molar-refractivity contribution in [1.29, 1.82) is 0 Å². The van der Waals surface area contributed by atoms with E-state index in [-0.39, 0.29) is 12.2 Å². The van der Waals surface area contributed by atoms with Crippen LogP contribution in [0.25, 0.3) is 0 Å². The molecule has 19 heavy (non-hydrogen) atoms. The Hall–Kier alpha value is -0.220. The molecule has 4 heteroatoms. The first-order valence-corrected chi connectivity index (χ1v) is 8.92. The number of rotatable bonds is 4. The summed E-state index contributed by atoms with van der Waals surface area (Å²) in [7, 11) is 0. The summed E-state index contributed by atoms with van der Waals surface area (Å²) in [6.07, 6.45) is 8.30. The number of carbonyl (C=O) groups excluding carboxylic acids is 1. The zero-order valence-corrected chi connectivity index (χ0v) is 13.5. The maximum absolute atomic E-state index is 12.6. The molecule has 1 saturated carbocycles. The van der Waals surface area contributed by atoms with Crippen molar-refractivity contribution in [3.05, 3.63) is 0 Å². The van der Waals surface area contributed by atoms with E-state index in [1.807, 2.05) is 11.8 Å². The van der Waals surface area contributed by atoms with Crippen molar-refractivity contribution in [2.75, 3.05) is 6.26 Å². The van der Waals surface area contributed by atoms with Crippen LogP contribution in [-0.4, -0.2) is 40.6 Å². The fraction of sp³-hybridized carbons (Fsp3) is 0.933. The second-order valence-corrected chi connectivity index (χ2v) is 7.59. The number of carbonyl (C=O) groups is 1. The fourth-order valence-electron chi connectivity index (χ4n) is 3.54. The first-order chi connectivity index (χ1) is 9.02. The van der Waals surface area contributed by atoms with Crippen LogP contribution in [-0.2, 0) is 4.79 Å². The Morgan fingerprint density at radius 1 is 1.42 bits per heavy atom. The van der Waals surface area contributed by atoms with Gasteiger partial charge >= 0.3 is 0 Å². The maximum Gasteiger partial charge on any atom is 0.241 e. The summed E-state index contributed by atoms with van der Waals surface area (Å²) in [6, 6.07) is 0.503. The molecular formula is C15H28N2OS. The van der Waals surface area contributed by atoms with Gasteiger partial charge in [0.25, 0.3) is 0 Å². The van der Waals surface area contributed by atoms with Crippen molar-refractivity contribution in [1.82, 2.24) is 10.2 Å². The Bertz CT molecular complexity index is 321. The first-order valence-electron chi connectivity index (χ1n) is 7.64. The van der Waals surface area contributed by atoms with E-state index < -0.39 is 0 Å². The van der Waals surface area contributed by atoms with Crippen molar-refractivity contribution < 1.29 is 4.79 Å². The van der Waals surface area contributed by atoms with E-state index in [4.69, 9.17) is 0 Å². The standard InChI is InChI=1S/C15H28N2OS/c1-10(2)8-14-15(18)17(11(3)16-14)12-6-5-7-13(9-12)19-4/h10-14,16H,5-9H2,1-4H3. The van der Waals surface area contributed by atoms with Crippen molar-refractivity contribution in [3.8, 4) is 0 Å². The van der Waals surface area contributed by atoms with Gasteiger partial charge in [-0.25, -0.2) is 0 Å². The first kappa shape index (κ1) is 15.2. The zero-order chi connectivity index (χ0) is 14.0. The van der Waals surface area contributed by atoms with Gasteiger partial charge < -0.3 is 4.90 Å². The topological polar surface area (TPSA) is 32.3 Å². The van der Waals surface area contributed by atoms with Gasteiger partial charge in [0.2, 0.25) is 5.91 Å². The molecule has 0 spiro atoms. The van der Waals surface area contributed by atoms with Gasteiger partial charge in [-0.05, 0) is 44.8 Å². The van der Waals surface area contributed by atoms with Crippen LogP contribution in [0.2, 0.25) is 0 Å². The third-order valence-corrected chi connectivity index (χ3v) is 5.54. The molecule has 0 aromatic carbocycles. The highest BCUT2D eigenvalue weighted by Gasteiger charge is 2.41. The molecule has 0 aromatic heterocycles. The monoisotopic (exact) mass is 284 g/mol. The van der Waals surface area contributed by atoms with Gasteiger partial charge in [0, 0.05) is 11.3 Å². The number of nitrogens with one attached hydrogen (secondary N) is 1. The minimum atomic E-state index is 0.0460. The molecule has 110 valence electrons. The Morgan fingerprint density at radius 2 is 2.16 bits per heavy atom. The molecule has 0 radical (unpaired) electrons. The van der Waals surface area contributed by atoms with E-state index >= 15 is 0 Å². The van der Waals surface area contributed by atoms with E-state index in [0.717, 1.165) is 11.7 Å². The lowest BCUT2D eigenvalue weighted by atomic mass is 9.93.